The van der Waals surface area contributed by atoms with Crippen molar-refractivity contribution in [2.24, 2.45) is 0 Å². The molecule has 0 bridgehead atoms. The highest BCUT2D eigenvalue weighted by Gasteiger charge is 2.08. The third-order valence-corrected chi connectivity index (χ3v) is 3.21. The molecule has 20 heavy (non-hydrogen) atoms. The van der Waals surface area contributed by atoms with E-state index in [0.717, 1.165) is 24.4 Å². The molecule has 0 atom stereocenters. The third-order valence-electron chi connectivity index (χ3n) is 3.21. The Bertz CT molecular complexity index is 580. The maximum absolute atomic E-state index is 13.7. The van der Waals surface area contributed by atoms with E-state index in [4.69, 9.17) is 4.74 Å². The molecule has 0 fully saturated rings. The van der Waals surface area contributed by atoms with Crippen LogP contribution >= 0.6 is 0 Å². The van der Waals surface area contributed by atoms with Crippen molar-refractivity contribution in [1.82, 2.24) is 9.78 Å². The van der Waals surface area contributed by atoms with Crippen molar-refractivity contribution in [3.8, 4) is 5.75 Å². The molecule has 0 aliphatic rings. The molecule has 0 aliphatic carbocycles. The number of methoxy groups -OCH3 is 1. The number of benzene rings is 1. The molecule has 0 saturated heterocycles. The van der Waals surface area contributed by atoms with Gasteiger partial charge in [-0.1, -0.05) is 6.92 Å². The van der Waals surface area contributed by atoms with E-state index in [1.54, 1.807) is 19.2 Å². The van der Waals surface area contributed by atoms with Crippen molar-refractivity contribution in [3.63, 3.8) is 0 Å². The van der Waals surface area contributed by atoms with Gasteiger partial charge in [0.15, 0.2) is 0 Å². The largest absolute Gasteiger partial charge is 0.497 e. The molecule has 0 saturated carbocycles. The van der Waals surface area contributed by atoms with Gasteiger partial charge in [0.1, 0.15) is 11.6 Å². The summed E-state index contributed by atoms with van der Waals surface area (Å²) in [5.41, 5.74) is 2.53. The Labute approximate surface area is 118 Å². The molecule has 0 aliphatic heterocycles. The Morgan fingerprint density at radius 2 is 2.10 bits per heavy atom. The van der Waals surface area contributed by atoms with Gasteiger partial charge >= 0.3 is 0 Å². The van der Waals surface area contributed by atoms with Crippen molar-refractivity contribution in [2.45, 2.75) is 33.4 Å². The second kappa shape index (κ2) is 6.41. The fraction of sp³-hybridized carbons (Fsp3) is 0.400. The lowest BCUT2D eigenvalue weighted by Crippen LogP contribution is -2.08. The van der Waals surface area contributed by atoms with Crippen LogP contribution in [0.4, 0.5) is 10.1 Å². The van der Waals surface area contributed by atoms with Gasteiger partial charge in [-0.2, -0.15) is 5.10 Å². The lowest BCUT2D eigenvalue weighted by Gasteiger charge is -2.10. The number of aryl methyl sites for hydroxylation is 2. The van der Waals surface area contributed by atoms with Gasteiger partial charge < -0.3 is 10.1 Å². The minimum absolute atomic E-state index is 0.288. The number of anilines is 1. The second-order valence-corrected chi connectivity index (χ2v) is 4.50. The predicted molar refractivity (Wildman–Crippen MR) is 77.6 cm³/mol. The van der Waals surface area contributed by atoms with E-state index in [0.29, 0.717) is 18.0 Å². The van der Waals surface area contributed by atoms with Crippen LogP contribution in [0.3, 0.4) is 0 Å². The average molecular weight is 277 g/mol. The lowest BCUT2D eigenvalue weighted by atomic mass is 10.2. The molecule has 0 spiro atoms. The van der Waals surface area contributed by atoms with Gasteiger partial charge in [0.25, 0.3) is 0 Å². The highest BCUT2D eigenvalue weighted by Crippen LogP contribution is 2.21. The summed E-state index contributed by atoms with van der Waals surface area (Å²) in [5.74, 6) is 0.344. The summed E-state index contributed by atoms with van der Waals surface area (Å²) in [7, 11) is 1.57. The van der Waals surface area contributed by atoms with Crippen LogP contribution in [0.1, 0.15) is 25.2 Å². The molecule has 1 heterocycles. The summed E-state index contributed by atoms with van der Waals surface area (Å²) in [6.45, 7) is 5.45. The number of nitrogens with one attached hydrogen (secondary N) is 1. The van der Waals surface area contributed by atoms with Crippen LogP contribution in [0.2, 0.25) is 0 Å². The number of hydrogen-bond acceptors (Lipinski definition) is 3. The zero-order chi connectivity index (χ0) is 14.5. The molecule has 2 aromatic rings. The Morgan fingerprint density at radius 1 is 1.30 bits per heavy atom. The second-order valence-electron chi connectivity index (χ2n) is 4.50. The summed E-state index contributed by atoms with van der Waals surface area (Å²) in [5, 5.41) is 7.57. The first-order valence-electron chi connectivity index (χ1n) is 6.81. The summed E-state index contributed by atoms with van der Waals surface area (Å²) in [6, 6.07) is 6.71. The Balaban J connectivity index is 2.14. The molecule has 1 aromatic heterocycles. The monoisotopic (exact) mass is 277 g/mol. The molecule has 1 N–H and O–H groups in total. The molecule has 0 radical (unpaired) electrons. The van der Waals surface area contributed by atoms with Gasteiger partial charge in [0.2, 0.25) is 0 Å². The van der Waals surface area contributed by atoms with E-state index in [1.165, 1.54) is 6.07 Å². The smallest absolute Gasteiger partial charge is 0.146 e. The van der Waals surface area contributed by atoms with Crippen LogP contribution in [0, 0.1) is 5.82 Å². The van der Waals surface area contributed by atoms with Gasteiger partial charge in [-0.3, -0.25) is 4.68 Å². The van der Waals surface area contributed by atoms with Crippen molar-refractivity contribution in [2.75, 3.05) is 12.4 Å². The third kappa shape index (κ3) is 3.10. The van der Waals surface area contributed by atoms with Gasteiger partial charge in [0.05, 0.1) is 30.7 Å². The minimum atomic E-state index is -0.288. The molecule has 1 aromatic carbocycles. The van der Waals surface area contributed by atoms with Crippen LogP contribution in [0.5, 0.6) is 5.75 Å². The molecular formula is C15H20FN3O. The zero-order valence-electron chi connectivity index (χ0n) is 12.1. The highest BCUT2D eigenvalue weighted by atomic mass is 19.1. The van der Waals surface area contributed by atoms with Crippen LogP contribution in [-0.2, 0) is 19.5 Å². The topological polar surface area (TPSA) is 39.1 Å². The Kier molecular flexibility index (Phi) is 4.61. The maximum atomic E-state index is 13.7. The number of rotatable bonds is 6. The summed E-state index contributed by atoms with van der Waals surface area (Å²) >= 11 is 0. The molecule has 0 amide bonds. The first-order valence-corrected chi connectivity index (χ1v) is 6.81. The maximum Gasteiger partial charge on any atom is 0.146 e. The van der Waals surface area contributed by atoms with Gasteiger partial charge in [-0.25, -0.2) is 4.39 Å². The number of hydrogen-bond donors (Lipinski definition) is 1. The summed E-state index contributed by atoms with van der Waals surface area (Å²) in [4.78, 5) is 0. The van der Waals surface area contributed by atoms with E-state index < -0.39 is 0 Å². The van der Waals surface area contributed by atoms with E-state index in [1.807, 2.05) is 11.6 Å². The number of aromatic nitrogens is 2. The molecule has 4 nitrogen and oxygen atoms in total. The van der Waals surface area contributed by atoms with Gasteiger partial charge in [-0.15, -0.1) is 0 Å². The average Bonchev–Trinajstić information content (AvgIpc) is 2.89. The lowest BCUT2D eigenvalue weighted by molar-refractivity contribution is 0.414. The van der Waals surface area contributed by atoms with Crippen LogP contribution in [0.15, 0.2) is 24.3 Å². The standard InChI is InChI=1S/C15H20FN3O/c1-4-11-8-12(19(5-2)18-11)10-17-15-9-13(20-3)6-7-14(15)16/h6-9,17H,4-5,10H2,1-3H3. The first kappa shape index (κ1) is 14.4. The fourth-order valence-corrected chi connectivity index (χ4v) is 2.06. The number of nitrogens with zero attached hydrogens (tertiary/aromatic N) is 2. The molecule has 108 valence electrons. The van der Waals surface area contributed by atoms with E-state index in [9.17, 15) is 4.39 Å². The van der Waals surface area contributed by atoms with Crippen molar-refractivity contribution in [1.29, 1.82) is 0 Å². The van der Waals surface area contributed by atoms with Crippen LogP contribution < -0.4 is 10.1 Å². The van der Waals surface area contributed by atoms with Crippen LogP contribution in [-0.4, -0.2) is 16.9 Å². The van der Waals surface area contributed by atoms with Crippen LogP contribution in [0.25, 0.3) is 0 Å². The number of halogens is 1. The van der Waals surface area contributed by atoms with E-state index >= 15 is 0 Å². The number of ether oxygens (including phenoxy) is 1. The SMILES string of the molecule is CCc1cc(CNc2cc(OC)ccc2F)n(CC)n1. The summed E-state index contributed by atoms with van der Waals surface area (Å²) in [6.07, 6.45) is 0.896. The van der Waals surface area contributed by atoms with Crippen molar-refractivity contribution in [3.05, 3.63) is 41.5 Å². The molecule has 2 rings (SSSR count). The van der Waals surface area contributed by atoms with Crippen molar-refractivity contribution >= 4 is 5.69 Å². The Hall–Kier alpha value is -2.04. The van der Waals surface area contributed by atoms with E-state index in [-0.39, 0.29) is 5.82 Å². The summed E-state index contributed by atoms with van der Waals surface area (Å²) < 4.78 is 20.8. The van der Waals surface area contributed by atoms with Gasteiger partial charge in [0, 0.05) is 12.6 Å². The fourth-order valence-electron chi connectivity index (χ4n) is 2.06. The quantitative estimate of drug-likeness (QED) is 0.881. The Morgan fingerprint density at radius 3 is 2.75 bits per heavy atom. The highest BCUT2D eigenvalue weighted by molar-refractivity contribution is 5.49. The molecule has 5 heteroatoms. The molecule has 0 unspecified atom stereocenters. The normalized spacial score (nSPS) is 10.6. The van der Waals surface area contributed by atoms with Gasteiger partial charge in [-0.05, 0) is 31.5 Å². The predicted octanol–water partition coefficient (Wildman–Crippen LogP) is 3.23. The first-order chi connectivity index (χ1) is 9.67. The molecular weight excluding hydrogens is 257 g/mol. The zero-order valence-corrected chi connectivity index (χ0v) is 12.1. The van der Waals surface area contributed by atoms with E-state index in [2.05, 4.69) is 23.4 Å². The van der Waals surface area contributed by atoms with Crippen molar-refractivity contribution < 1.29 is 9.13 Å². The minimum Gasteiger partial charge on any atom is -0.497 e.